The largest absolute Gasteiger partial charge is 0.494 e. The number of aryl methyl sites for hydroxylation is 1. The summed E-state index contributed by atoms with van der Waals surface area (Å²) in [5.74, 6) is -0.682. The van der Waals surface area contributed by atoms with Crippen LogP contribution in [0.1, 0.15) is 54.6 Å². The van der Waals surface area contributed by atoms with Gasteiger partial charge >= 0.3 is 0 Å². The van der Waals surface area contributed by atoms with Crippen molar-refractivity contribution in [3.8, 4) is 17.0 Å². The van der Waals surface area contributed by atoms with Gasteiger partial charge in [0.1, 0.15) is 6.04 Å². The second-order valence-corrected chi connectivity index (χ2v) is 12.1. The number of carbonyl (C=O) groups is 4. The molecule has 0 bridgehead atoms. The molecule has 17 heteroatoms. The number of nitrogens with zero attached hydrogens (tertiary/aromatic N) is 3. The number of hydrogen-bond donors (Lipinski definition) is 8. The van der Waals surface area contributed by atoms with Crippen molar-refractivity contribution in [2.45, 2.75) is 58.5 Å². The molecule has 290 valence electrons. The lowest BCUT2D eigenvalue weighted by Gasteiger charge is -2.21. The quantitative estimate of drug-likeness (QED) is 0.0542. The summed E-state index contributed by atoms with van der Waals surface area (Å²) in [6, 6.07) is 7.17. The van der Waals surface area contributed by atoms with Gasteiger partial charge in [0.05, 0.1) is 30.9 Å². The molecule has 2 heterocycles. The van der Waals surface area contributed by atoms with Crippen LogP contribution in [0.2, 0.25) is 0 Å². The zero-order valence-corrected chi connectivity index (χ0v) is 30.9. The van der Waals surface area contributed by atoms with Crippen LogP contribution in [0.4, 0.5) is 15.9 Å². The van der Waals surface area contributed by atoms with Gasteiger partial charge in [0, 0.05) is 48.8 Å². The van der Waals surface area contributed by atoms with Crippen LogP contribution in [0, 0.1) is 12.7 Å². The Hall–Kier alpha value is -6.23. The highest BCUT2D eigenvalue weighted by Crippen LogP contribution is 2.32. The Bertz CT molecular complexity index is 1930. The summed E-state index contributed by atoms with van der Waals surface area (Å²) >= 11 is 0. The van der Waals surface area contributed by atoms with Crippen molar-refractivity contribution in [1.82, 2.24) is 35.6 Å². The number of imidazole rings is 1. The van der Waals surface area contributed by atoms with E-state index in [9.17, 15) is 18.8 Å². The molecule has 16 nitrogen and oxygen atoms in total. The van der Waals surface area contributed by atoms with Gasteiger partial charge in [-0.1, -0.05) is 26.8 Å². The fraction of sp³-hybridized carbons (Fsp3) is 0.351. The Balaban J connectivity index is 0.00000253. The highest BCUT2D eigenvalue weighted by atomic mass is 19.1. The van der Waals surface area contributed by atoms with Gasteiger partial charge in [0.25, 0.3) is 12.4 Å². The summed E-state index contributed by atoms with van der Waals surface area (Å²) in [6.07, 6.45) is 7.34. The van der Waals surface area contributed by atoms with Crippen molar-refractivity contribution >= 4 is 41.3 Å². The molecule has 1 unspecified atom stereocenters. The zero-order chi connectivity index (χ0) is 39.8. The number of ether oxygens (including phenoxy) is 1. The van der Waals surface area contributed by atoms with Crippen molar-refractivity contribution in [1.29, 1.82) is 0 Å². The van der Waals surface area contributed by atoms with Gasteiger partial charge in [-0.2, -0.15) is 0 Å². The van der Waals surface area contributed by atoms with Crippen molar-refractivity contribution < 1.29 is 33.4 Å². The Morgan fingerprint density at radius 1 is 1.09 bits per heavy atom. The van der Waals surface area contributed by atoms with Crippen LogP contribution in [-0.2, 0) is 20.8 Å². The standard InChI is InChI=1S/C36H47FN10O4.CH2O2/c1-6-9-27(39)35(49)46-28(19-43-22(4)38)36(50)42-15-8-14-41-34(48)26-11-10-24(18-23(26)7-2)45-32-33-44-20-29(47(33)17-16-40-32)25-12-13-30(51-5)31(37)21(25)3;2-1-3/h10-13,16-18,20,27-28,43H,4,6-9,14-15,19,38-39H2,1-3,5H3,(H,40,45)(H,41,48)(H,42,50)(H,46,49);1H,(H,2,3)/t27-,28?;/m0./s1. The molecular weight excluding hydrogens is 699 g/mol. The van der Waals surface area contributed by atoms with E-state index in [1.807, 2.05) is 24.3 Å². The first-order valence-corrected chi connectivity index (χ1v) is 17.3. The van der Waals surface area contributed by atoms with E-state index < -0.39 is 29.7 Å². The summed E-state index contributed by atoms with van der Waals surface area (Å²) in [6.45, 7) is 9.50. The van der Waals surface area contributed by atoms with Gasteiger partial charge in [-0.15, -0.1) is 0 Å². The number of hydrogen-bond acceptors (Lipinski definition) is 11. The monoisotopic (exact) mass is 748 g/mol. The minimum atomic E-state index is -0.908. The van der Waals surface area contributed by atoms with Crippen LogP contribution in [-0.4, -0.2) is 82.5 Å². The average Bonchev–Trinajstić information content (AvgIpc) is 3.59. The van der Waals surface area contributed by atoms with Crippen LogP contribution in [0.5, 0.6) is 5.75 Å². The normalized spacial score (nSPS) is 11.7. The zero-order valence-electron chi connectivity index (χ0n) is 30.9. The number of halogens is 1. The Morgan fingerprint density at radius 2 is 1.81 bits per heavy atom. The summed E-state index contributed by atoms with van der Waals surface area (Å²) in [4.78, 5) is 55.8. The molecule has 0 aliphatic carbocycles. The Morgan fingerprint density at radius 3 is 2.48 bits per heavy atom. The summed E-state index contributed by atoms with van der Waals surface area (Å²) in [5.41, 5.74) is 15.9. The maximum atomic E-state index is 14.8. The van der Waals surface area contributed by atoms with Gasteiger partial charge in [0.15, 0.2) is 23.0 Å². The minimum absolute atomic E-state index is 0.0477. The maximum absolute atomic E-state index is 14.8. The number of amides is 3. The molecule has 0 spiro atoms. The Kier molecular flexibility index (Phi) is 16.2. The SMILES string of the molecule is C=C(N)NCC(NC(=O)[C@@H](N)CCC)C(=O)NCCCNC(=O)c1ccc(Nc2nccn3c(-c4ccc(OC)c(F)c4C)cnc23)cc1CC.O=CO. The van der Waals surface area contributed by atoms with E-state index in [0.29, 0.717) is 65.3 Å². The van der Waals surface area contributed by atoms with E-state index in [1.165, 1.54) is 7.11 Å². The third kappa shape index (κ3) is 11.1. The molecule has 0 aliphatic heterocycles. The first-order valence-electron chi connectivity index (χ1n) is 17.3. The van der Waals surface area contributed by atoms with Crippen LogP contribution in [0.15, 0.2) is 61.3 Å². The van der Waals surface area contributed by atoms with Gasteiger partial charge < -0.3 is 47.9 Å². The van der Waals surface area contributed by atoms with E-state index in [1.54, 1.807) is 49.8 Å². The fourth-order valence-corrected chi connectivity index (χ4v) is 5.51. The average molecular weight is 749 g/mol. The number of benzene rings is 2. The number of carboxylic acid groups (broad SMARTS) is 1. The van der Waals surface area contributed by atoms with Gasteiger partial charge in [-0.05, 0) is 67.6 Å². The first-order chi connectivity index (χ1) is 25.9. The second-order valence-electron chi connectivity index (χ2n) is 12.1. The minimum Gasteiger partial charge on any atom is -0.494 e. The van der Waals surface area contributed by atoms with Crippen LogP contribution >= 0.6 is 0 Å². The number of fused-ring (bicyclic) bond motifs is 1. The van der Waals surface area contributed by atoms with E-state index in [0.717, 1.165) is 12.0 Å². The number of carbonyl (C=O) groups excluding carboxylic acids is 3. The molecule has 2 aromatic carbocycles. The van der Waals surface area contributed by atoms with Crippen molar-refractivity contribution in [2.75, 3.05) is 32.1 Å². The van der Waals surface area contributed by atoms with Crippen molar-refractivity contribution in [2.24, 2.45) is 11.5 Å². The molecule has 10 N–H and O–H groups in total. The number of anilines is 2. The third-order valence-corrected chi connectivity index (χ3v) is 8.31. The molecule has 2 aromatic heterocycles. The molecule has 0 radical (unpaired) electrons. The topological polar surface area (TPSA) is 240 Å². The van der Waals surface area contributed by atoms with Gasteiger partial charge in [-0.3, -0.25) is 23.6 Å². The highest BCUT2D eigenvalue weighted by molar-refractivity contribution is 5.96. The lowest BCUT2D eigenvalue weighted by atomic mass is 10.0. The first kappa shape index (κ1) is 42.2. The molecule has 0 saturated carbocycles. The molecule has 0 aliphatic rings. The number of aromatic nitrogens is 3. The summed E-state index contributed by atoms with van der Waals surface area (Å²) in [5, 5.41) is 21.3. The number of rotatable bonds is 18. The molecule has 4 rings (SSSR count). The third-order valence-electron chi connectivity index (χ3n) is 8.31. The molecule has 54 heavy (non-hydrogen) atoms. The molecule has 0 fully saturated rings. The lowest BCUT2D eigenvalue weighted by molar-refractivity contribution is -0.129. The number of nitrogens with two attached hydrogens (primary N) is 2. The number of nitrogens with one attached hydrogen (secondary N) is 5. The summed E-state index contributed by atoms with van der Waals surface area (Å²) in [7, 11) is 1.43. The van der Waals surface area contributed by atoms with Gasteiger partial charge in [0.2, 0.25) is 11.8 Å². The number of methoxy groups -OCH3 is 1. The molecular formula is C37H49FN10O6. The second kappa shape index (κ2) is 20.7. The smallest absolute Gasteiger partial charge is 0.290 e. The van der Waals surface area contributed by atoms with Gasteiger partial charge in [-0.25, -0.2) is 14.4 Å². The van der Waals surface area contributed by atoms with Crippen LogP contribution in [0.25, 0.3) is 16.9 Å². The van der Waals surface area contributed by atoms with Crippen molar-refractivity contribution in [3.05, 3.63) is 83.8 Å². The van der Waals surface area contributed by atoms with E-state index in [-0.39, 0.29) is 37.0 Å². The highest BCUT2D eigenvalue weighted by Gasteiger charge is 2.23. The molecule has 3 amide bonds. The molecule has 2 atom stereocenters. The molecule has 4 aromatic rings. The summed E-state index contributed by atoms with van der Waals surface area (Å²) < 4.78 is 21.8. The van der Waals surface area contributed by atoms with E-state index >= 15 is 0 Å². The molecule has 0 saturated heterocycles. The Labute approximate surface area is 313 Å². The van der Waals surface area contributed by atoms with Crippen molar-refractivity contribution in [3.63, 3.8) is 0 Å². The predicted molar refractivity (Wildman–Crippen MR) is 204 cm³/mol. The predicted octanol–water partition coefficient (Wildman–Crippen LogP) is 2.73. The van der Waals surface area contributed by atoms with Crippen LogP contribution < -0.4 is 42.8 Å². The maximum Gasteiger partial charge on any atom is 0.290 e. The van der Waals surface area contributed by atoms with Crippen LogP contribution in [0.3, 0.4) is 0 Å². The lowest BCUT2D eigenvalue weighted by Crippen LogP contribution is -2.55. The van der Waals surface area contributed by atoms with E-state index in [4.69, 9.17) is 26.1 Å². The van der Waals surface area contributed by atoms with E-state index in [2.05, 4.69) is 43.1 Å². The fourth-order valence-electron chi connectivity index (χ4n) is 5.51.